The third-order valence-corrected chi connectivity index (χ3v) is 5.97. The van der Waals surface area contributed by atoms with E-state index in [-0.39, 0.29) is 0 Å². The quantitative estimate of drug-likeness (QED) is 0.664. The normalized spacial score (nSPS) is 18.2. The molecule has 0 saturated heterocycles. The second-order valence-electron chi connectivity index (χ2n) is 6.30. The van der Waals surface area contributed by atoms with Gasteiger partial charge in [-0.3, -0.25) is 0 Å². The topological polar surface area (TPSA) is 12.9 Å². The molecule has 2 heteroatoms. The zero-order valence-corrected chi connectivity index (χ0v) is 13.6. The summed E-state index contributed by atoms with van der Waals surface area (Å²) >= 11 is 1.78. The van der Waals surface area contributed by atoms with Crippen LogP contribution in [0.5, 0.6) is 0 Å². The van der Waals surface area contributed by atoms with E-state index in [2.05, 4.69) is 58.9 Å². The highest BCUT2D eigenvalue weighted by Gasteiger charge is 2.22. The number of thiazole rings is 1. The maximum absolute atomic E-state index is 4.58. The summed E-state index contributed by atoms with van der Waals surface area (Å²) in [6, 6.07) is 13.5. The first kappa shape index (κ1) is 13.3. The molecule has 2 aliphatic rings. The van der Waals surface area contributed by atoms with E-state index >= 15 is 0 Å². The molecule has 2 aliphatic carbocycles. The molecule has 23 heavy (non-hydrogen) atoms. The molecule has 1 unspecified atom stereocenters. The summed E-state index contributed by atoms with van der Waals surface area (Å²) < 4.78 is 0. The zero-order chi connectivity index (χ0) is 15.2. The Morgan fingerprint density at radius 1 is 0.957 bits per heavy atom. The average molecular weight is 315 g/mol. The van der Waals surface area contributed by atoms with Crippen LogP contribution >= 0.6 is 11.3 Å². The van der Waals surface area contributed by atoms with Crippen LogP contribution in [0.3, 0.4) is 0 Å². The Labute approximate surface area is 139 Å². The van der Waals surface area contributed by atoms with Gasteiger partial charge in [0.25, 0.3) is 0 Å². The van der Waals surface area contributed by atoms with Gasteiger partial charge in [0.15, 0.2) is 0 Å². The van der Waals surface area contributed by atoms with Crippen LogP contribution in [0, 0.1) is 0 Å². The predicted octanol–water partition coefficient (Wildman–Crippen LogP) is 3.85. The van der Waals surface area contributed by atoms with Gasteiger partial charge in [0, 0.05) is 17.5 Å². The fourth-order valence-electron chi connectivity index (χ4n) is 4.03. The van der Waals surface area contributed by atoms with Crippen molar-refractivity contribution in [3.8, 4) is 11.1 Å². The molecule has 1 aromatic heterocycles. The van der Waals surface area contributed by atoms with Crippen LogP contribution in [0.15, 0.2) is 48.0 Å². The molecule has 0 fully saturated rings. The van der Waals surface area contributed by atoms with Crippen molar-refractivity contribution in [1.29, 1.82) is 0 Å². The lowest BCUT2D eigenvalue weighted by Crippen LogP contribution is -2.35. The highest BCUT2D eigenvalue weighted by molar-refractivity contribution is 7.09. The van der Waals surface area contributed by atoms with Gasteiger partial charge in [-0.25, -0.2) is 4.98 Å². The molecule has 0 aliphatic heterocycles. The summed E-state index contributed by atoms with van der Waals surface area (Å²) in [7, 11) is 0. The van der Waals surface area contributed by atoms with Gasteiger partial charge in [0.05, 0.1) is 5.01 Å². The van der Waals surface area contributed by atoms with E-state index in [0.29, 0.717) is 5.92 Å². The third-order valence-electron chi connectivity index (χ3n) is 5.08. The number of hydrogen-bond donors (Lipinski definition) is 0. The Kier molecular flexibility index (Phi) is 2.98. The highest BCUT2D eigenvalue weighted by atomic mass is 32.1. The van der Waals surface area contributed by atoms with Crippen LogP contribution in [0.1, 0.15) is 34.9 Å². The van der Waals surface area contributed by atoms with E-state index < -0.39 is 0 Å². The second kappa shape index (κ2) is 5.17. The summed E-state index contributed by atoms with van der Waals surface area (Å²) in [5.41, 5.74) is 5.69. The largest absolute Gasteiger partial charge is 0.249 e. The van der Waals surface area contributed by atoms with Gasteiger partial charge in [-0.05, 0) is 52.0 Å². The van der Waals surface area contributed by atoms with Gasteiger partial charge in [-0.1, -0.05) is 48.6 Å². The molecule has 5 rings (SSSR count). The van der Waals surface area contributed by atoms with Gasteiger partial charge >= 0.3 is 0 Å². The summed E-state index contributed by atoms with van der Waals surface area (Å²) in [5, 5.41) is 6.23. The van der Waals surface area contributed by atoms with E-state index in [1.54, 1.807) is 11.3 Å². The van der Waals surface area contributed by atoms with E-state index in [0.717, 1.165) is 12.8 Å². The van der Waals surface area contributed by atoms with Crippen LogP contribution in [0.2, 0.25) is 0 Å². The number of benzene rings is 2. The van der Waals surface area contributed by atoms with E-state index in [9.17, 15) is 0 Å². The number of fused-ring (bicyclic) bond motifs is 5. The Morgan fingerprint density at radius 3 is 2.83 bits per heavy atom. The van der Waals surface area contributed by atoms with Crippen LogP contribution in [-0.4, -0.2) is 4.98 Å². The average Bonchev–Trinajstić information content (AvgIpc) is 3.15. The van der Waals surface area contributed by atoms with E-state index in [4.69, 9.17) is 0 Å². The van der Waals surface area contributed by atoms with Gasteiger partial charge in [0.1, 0.15) is 0 Å². The van der Waals surface area contributed by atoms with Crippen LogP contribution < -0.4 is 10.4 Å². The molecule has 0 radical (unpaired) electrons. The summed E-state index contributed by atoms with van der Waals surface area (Å²) in [5.74, 6) is 0.464. The van der Waals surface area contributed by atoms with Crippen molar-refractivity contribution < 1.29 is 0 Å². The van der Waals surface area contributed by atoms with Crippen LogP contribution in [0.25, 0.3) is 23.3 Å². The molecule has 1 atom stereocenters. The molecule has 1 heterocycles. The molecule has 2 aromatic carbocycles. The first-order valence-electron chi connectivity index (χ1n) is 8.23. The zero-order valence-electron chi connectivity index (χ0n) is 12.8. The van der Waals surface area contributed by atoms with Crippen molar-refractivity contribution in [2.24, 2.45) is 0 Å². The SMILES string of the molecule is C1=c2c(ccc3c2=CCCC3c2nccs2)-c2ccccc2C1. The van der Waals surface area contributed by atoms with Crippen LogP contribution in [0.4, 0.5) is 0 Å². The first-order valence-corrected chi connectivity index (χ1v) is 9.11. The Hall–Kier alpha value is -2.19. The maximum atomic E-state index is 4.58. The fourth-order valence-corrected chi connectivity index (χ4v) is 4.82. The van der Waals surface area contributed by atoms with Crippen LogP contribution in [-0.2, 0) is 6.42 Å². The van der Waals surface area contributed by atoms with Crippen molar-refractivity contribution in [2.75, 3.05) is 0 Å². The number of hydrogen-bond acceptors (Lipinski definition) is 2. The van der Waals surface area contributed by atoms with Gasteiger partial charge < -0.3 is 0 Å². The van der Waals surface area contributed by atoms with Crippen molar-refractivity contribution in [3.05, 3.63) is 74.5 Å². The van der Waals surface area contributed by atoms with Gasteiger partial charge in [0.2, 0.25) is 0 Å². The van der Waals surface area contributed by atoms with Crippen molar-refractivity contribution >= 4 is 23.5 Å². The first-order chi connectivity index (χ1) is 11.4. The van der Waals surface area contributed by atoms with Gasteiger partial charge in [-0.2, -0.15) is 0 Å². The number of rotatable bonds is 1. The lowest BCUT2D eigenvalue weighted by Gasteiger charge is -2.22. The third kappa shape index (κ3) is 2.02. The summed E-state index contributed by atoms with van der Waals surface area (Å²) in [6.07, 6.45) is 10.1. The Balaban J connectivity index is 1.76. The van der Waals surface area contributed by atoms with E-state index in [1.807, 2.05) is 6.20 Å². The monoisotopic (exact) mass is 315 g/mol. The molecular formula is C21H17NS. The standard InChI is InChI=1S/C21H17NS/c1-2-5-15-14(4-1)8-9-18-16-6-3-7-20(21-22-12-13-23-21)19(16)11-10-17(15)18/h1-2,4-6,9-13,20H,3,7-8H2. The summed E-state index contributed by atoms with van der Waals surface area (Å²) in [6.45, 7) is 0. The van der Waals surface area contributed by atoms with Crippen molar-refractivity contribution in [1.82, 2.24) is 4.98 Å². The predicted molar refractivity (Wildman–Crippen MR) is 97.0 cm³/mol. The van der Waals surface area contributed by atoms with E-state index in [1.165, 1.54) is 44.1 Å². The fraction of sp³-hybridized carbons (Fsp3) is 0.190. The minimum absolute atomic E-state index is 0.464. The molecular weight excluding hydrogens is 298 g/mol. The Bertz CT molecular complexity index is 999. The molecule has 1 nitrogen and oxygen atoms in total. The molecule has 112 valence electrons. The molecule has 0 bridgehead atoms. The van der Waals surface area contributed by atoms with Crippen molar-refractivity contribution in [2.45, 2.75) is 25.2 Å². The molecule has 0 saturated carbocycles. The number of aromatic nitrogens is 1. The van der Waals surface area contributed by atoms with Crippen molar-refractivity contribution in [3.63, 3.8) is 0 Å². The maximum Gasteiger partial charge on any atom is 0.1000 e. The molecule has 0 N–H and O–H groups in total. The van der Waals surface area contributed by atoms with Gasteiger partial charge in [-0.15, -0.1) is 11.3 Å². The molecule has 3 aromatic rings. The summed E-state index contributed by atoms with van der Waals surface area (Å²) in [4.78, 5) is 4.58. The second-order valence-corrected chi connectivity index (χ2v) is 7.23. The molecule has 0 amide bonds. The smallest absolute Gasteiger partial charge is 0.1000 e. The highest BCUT2D eigenvalue weighted by Crippen LogP contribution is 2.32. The minimum Gasteiger partial charge on any atom is -0.249 e. The lowest BCUT2D eigenvalue weighted by atomic mass is 9.83. The lowest BCUT2D eigenvalue weighted by molar-refractivity contribution is 0.713. The molecule has 0 spiro atoms. The number of nitrogens with zero attached hydrogens (tertiary/aromatic N) is 1. The minimum atomic E-state index is 0.464. The Morgan fingerprint density at radius 2 is 1.91 bits per heavy atom.